The highest BCUT2D eigenvalue weighted by Crippen LogP contribution is 2.13. The van der Waals surface area contributed by atoms with Gasteiger partial charge in [-0.2, -0.15) is 5.10 Å². The van der Waals surface area contributed by atoms with E-state index < -0.39 is 0 Å². The van der Waals surface area contributed by atoms with Crippen LogP contribution in [0.15, 0.2) is 18.3 Å². The lowest BCUT2D eigenvalue weighted by atomic mass is 10.2. The molecule has 1 atom stereocenters. The second-order valence-corrected chi connectivity index (χ2v) is 4.96. The van der Waals surface area contributed by atoms with E-state index in [1.54, 1.807) is 6.20 Å². The fourth-order valence-electron chi connectivity index (χ4n) is 2.55. The van der Waals surface area contributed by atoms with Crippen molar-refractivity contribution in [2.75, 3.05) is 50.8 Å². The van der Waals surface area contributed by atoms with E-state index in [0.29, 0.717) is 26.2 Å². The van der Waals surface area contributed by atoms with Gasteiger partial charge in [0.2, 0.25) is 0 Å². The Morgan fingerprint density at radius 1 is 1.27 bits per heavy atom. The number of carbonyl (C=O) groups excluding carboxylic acids is 1. The summed E-state index contributed by atoms with van der Waals surface area (Å²) >= 11 is 0. The zero-order valence-corrected chi connectivity index (χ0v) is 13.8. The van der Waals surface area contributed by atoms with Crippen molar-refractivity contribution in [3.8, 4) is 0 Å². The number of nitrogens with zero attached hydrogens (tertiary/aromatic N) is 4. The summed E-state index contributed by atoms with van der Waals surface area (Å²) in [6.07, 6.45) is 1.34. The van der Waals surface area contributed by atoms with Crippen molar-refractivity contribution in [3.63, 3.8) is 0 Å². The molecule has 3 heterocycles. The number of piperazine rings is 1. The minimum Gasteiger partial charge on any atom is -0.366 e. The van der Waals surface area contributed by atoms with Gasteiger partial charge in [-0.3, -0.25) is 4.79 Å². The predicted molar refractivity (Wildman–Crippen MR) is 87.9 cm³/mol. The summed E-state index contributed by atoms with van der Waals surface area (Å²) in [4.78, 5) is 16.3. The number of carbonyl (C=O) groups is 1. The van der Waals surface area contributed by atoms with E-state index >= 15 is 0 Å². The van der Waals surface area contributed by atoms with Crippen molar-refractivity contribution in [1.82, 2.24) is 20.4 Å². The van der Waals surface area contributed by atoms with Crippen LogP contribution < -0.4 is 10.2 Å². The van der Waals surface area contributed by atoms with E-state index in [9.17, 15) is 4.79 Å². The highest BCUT2D eigenvalue weighted by atomic mass is 35.5. The van der Waals surface area contributed by atoms with Crippen molar-refractivity contribution in [1.29, 1.82) is 0 Å². The van der Waals surface area contributed by atoms with Gasteiger partial charge in [0, 0.05) is 45.5 Å². The first-order valence-electron chi connectivity index (χ1n) is 6.98. The van der Waals surface area contributed by atoms with Crippen LogP contribution in [-0.4, -0.2) is 73.0 Å². The van der Waals surface area contributed by atoms with E-state index in [1.807, 2.05) is 17.0 Å². The fraction of sp³-hybridized carbons (Fsp3) is 0.615. The standard InChI is InChI=1S/C13H19N5O2.2ClH/c19-13(11-10-14-4-9-20-11)18-7-5-17(6-8-18)12-2-1-3-15-16-12;;/h1-3,11,14H,4-10H2;2*1H. The molecule has 2 fully saturated rings. The van der Waals surface area contributed by atoms with E-state index in [1.165, 1.54) is 0 Å². The molecule has 1 aromatic heterocycles. The van der Waals surface area contributed by atoms with Crippen molar-refractivity contribution in [2.24, 2.45) is 0 Å². The van der Waals surface area contributed by atoms with Gasteiger partial charge in [0.1, 0.15) is 6.10 Å². The minimum atomic E-state index is -0.327. The molecule has 9 heteroatoms. The number of morpholine rings is 1. The number of anilines is 1. The van der Waals surface area contributed by atoms with Crippen LogP contribution in [0.25, 0.3) is 0 Å². The zero-order valence-electron chi connectivity index (χ0n) is 12.2. The van der Waals surface area contributed by atoms with Gasteiger partial charge in [-0.25, -0.2) is 0 Å². The molecule has 22 heavy (non-hydrogen) atoms. The number of nitrogens with one attached hydrogen (secondary N) is 1. The Hall–Kier alpha value is -1.15. The lowest BCUT2D eigenvalue weighted by Gasteiger charge is -2.37. The fourth-order valence-corrected chi connectivity index (χ4v) is 2.55. The van der Waals surface area contributed by atoms with E-state index in [2.05, 4.69) is 20.4 Å². The summed E-state index contributed by atoms with van der Waals surface area (Å²) < 4.78 is 5.51. The Morgan fingerprint density at radius 3 is 2.64 bits per heavy atom. The average Bonchev–Trinajstić information content (AvgIpc) is 2.56. The monoisotopic (exact) mass is 349 g/mol. The van der Waals surface area contributed by atoms with Gasteiger partial charge in [0.15, 0.2) is 5.82 Å². The summed E-state index contributed by atoms with van der Waals surface area (Å²) in [5, 5.41) is 11.2. The minimum absolute atomic E-state index is 0. The SMILES string of the molecule is Cl.Cl.O=C(C1CNCCO1)N1CCN(c2cccnn2)CC1. The van der Waals surface area contributed by atoms with Gasteiger partial charge in [-0.1, -0.05) is 0 Å². The van der Waals surface area contributed by atoms with Gasteiger partial charge in [-0.05, 0) is 12.1 Å². The largest absolute Gasteiger partial charge is 0.366 e. The number of hydrogen-bond donors (Lipinski definition) is 1. The van der Waals surface area contributed by atoms with Crippen LogP contribution in [0, 0.1) is 0 Å². The molecule has 1 unspecified atom stereocenters. The van der Waals surface area contributed by atoms with Crippen LogP contribution in [0.5, 0.6) is 0 Å². The first-order valence-corrected chi connectivity index (χ1v) is 6.98. The summed E-state index contributed by atoms with van der Waals surface area (Å²) in [7, 11) is 0. The molecule has 1 N–H and O–H groups in total. The maximum atomic E-state index is 12.3. The third kappa shape index (κ3) is 4.42. The second kappa shape index (κ2) is 9.09. The number of amides is 1. The van der Waals surface area contributed by atoms with Crippen molar-refractivity contribution in [2.45, 2.75) is 6.10 Å². The van der Waals surface area contributed by atoms with Crippen LogP contribution in [0.3, 0.4) is 0 Å². The molecule has 3 rings (SSSR count). The number of hydrogen-bond acceptors (Lipinski definition) is 6. The first-order chi connectivity index (χ1) is 9.84. The van der Waals surface area contributed by atoms with Crippen LogP contribution in [0.2, 0.25) is 0 Å². The Labute approximate surface area is 142 Å². The summed E-state index contributed by atoms with van der Waals surface area (Å²) in [6, 6.07) is 3.82. The van der Waals surface area contributed by atoms with Crippen molar-refractivity contribution >= 4 is 36.5 Å². The molecule has 1 aromatic rings. The molecule has 0 aliphatic carbocycles. The Kier molecular flexibility index (Phi) is 7.81. The Bertz CT molecular complexity index is 451. The molecule has 0 aromatic carbocycles. The van der Waals surface area contributed by atoms with Crippen molar-refractivity contribution in [3.05, 3.63) is 18.3 Å². The molecule has 0 saturated carbocycles. The van der Waals surface area contributed by atoms with Crippen LogP contribution in [-0.2, 0) is 9.53 Å². The van der Waals surface area contributed by atoms with E-state index in [4.69, 9.17) is 4.74 Å². The van der Waals surface area contributed by atoms with Crippen molar-refractivity contribution < 1.29 is 9.53 Å². The lowest BCUT2D eigenvalue weighted by Crippen LogP contribution is -2.55. The summed E-state index contributed by atoms with van der Waals surface area (Å²) in [5.41, 5.74) is 0. The van der Waals surface area contributed by atoms with Gasteiger partial charge >= 0.3 is 0 Å². The molecule has 0 bridgehead atoms. The number of halogens is 2. The maximum Gasteiger partial charge on any atom is 0.253 e. The smallest absolute Gasteiger partial charge is 0.253 e. The quantitative estimate of drug-likeness (QED) is 0.807. The molecule has 7 nitrogen and oxygen atoms in total. The Morgan fingerprint density at radius 2 is 2.05 bits per heavy atom. The lowest BCUT2D eigenvalue weighted by molar-refractivity contribution is -0.145. The topological polar surface area (TPSA) is 70.6 Å². The molecule has 0 spiro atoms. The van der Waals surface area contributed by atoms with Gasteiger partial charge in [0.05, 0.1) is 6.61 Å². The first kappa shape index (κ1) is 18.9. The van der Waals surface area contributed by atoms with Crippen LogP contribution in [0.1, 0.15) is 0 Å². The zero-order chi connectivity index (χ0) is 13.8. The number of aromatic nitrogens is 2. The van der Waals surface area contributed by atoms with Gasteiger partial charge in [0.25, 0.3) is 5.91 Å². The van der Waals surface area contributed by atoms with E-state index in [0.717, 1.165) is 25.5 Å². The molecular formula is C13H21Cl2N5O2. The highest BCUT2D eigenvalue weighted by Gasteiger charge is 2.29. The molecule has 2 aliphatic rings. The molecule has 124 valence electrons. The van der Waals surface area contributed by atoms with E-state index in [-0.39, 0.29) is 36.8 Å². The number of rotatable bonds is 2. The average molecular weight is 350 g/mol. The molecule has 0 radical (unpaired) electrons. The normalized spacial score (nSPS) is 21.5. The van der Waals surface area contributed by atoms with Crippen LogP contribution >= 0.6 is 24.8 Å². The second-order valence-electron chi connectivity index (χ2n) is 4.96. The number of ether oxygens (including phenoxy) is 1. The van der Waals surface area contributed by atoms with Crippen LogP contribution in [0.4, 0.5) is 5.82 Å². The predicted octanol–water partition coefficient (Wildman–Crippen LogP) is -0.0428. The molecular weight excluding hydrogens is 329 g/mol. The molecule has 2 aliphatic heterocycles. The Balaban J connectivity index is 0.00000121. The highest BCUT2D eigenvalue weighted by molar-refractivity contribution is 5.85. The maximum absolute atomic E-state index is 12.3. The molecule has 1 amide bonds. The molecule has 2 saturated heterocycles. The summed E-state index contributed by atoms with van der Waals surface area (Å²) in [6.45, 7) is 5.02. The van der Waals surface area contributed by atoms with Gasteiger partial charge < -0.3 is 19.9 Å². The third-order valence-corrected chi connectivity index (χ3v) is 3.68. The third-order valence-electron chi connectivity index (χ3n) is 3.68. The van der Waals surface area contributed by atoms with Gasteiger partial charge in [-0.15, -0.1) is 29.9 Å². The summed E-state index contributed by atoms with van der Waals surface area (Å²) in [5.74, 6) is 0.964.